The molecule has 0 saturated carbocycles. The average Bonchev–Trinajstić information content (AvgIpc) is 3.04. The van der Waals surface area contributed by atoms with Crippen LogP contribution in [-0.4, -0.2) is 61.8 Å². The van der Waals surface area contributed by atoms with Gasteiger partial charge in [-0.15, -0.1) is 0 Å². The summed E-state index contributed by atoms with van der Waals surface area (Å²) >= 11 is 5.57. The highest BCUT2D eigenvalue weighted by molar-refractivity contribution is 7.71. The van der Waals surface area contributed by atoms with Crippen LogP contribution < -0.4 is 0 Å². The van der Waals surface area contributed by atoms with Crippen molar-refractivity contribution in [1.29, 1.82) is 0 Å². The normalized spacial score (nSPS) is 20.8. The van der Waals surface area contributed by atoms with E-state index in [9.17, 15) is 0 Å². The summed E-state index contributed by atoms with van der Waals surface area (Å²) in [4.78, 5) is 5.15. The molecule has 4 rings (SSSR count). The fourth-order valence-electron chi connectivity index (χ4n) is 3.99. The summed E-state index contributed by atoms with van der Waals surface area (Å²) in [7, 11) is 0. The van der Waals surface area contributed by atoms with Crippen LogP contribution in [0.25, 0.3) is 5.69 Å². The van der Waals surface area contributed by atoms with Crippen molar-refractivity contribution in [3.8, 4) is 5.69 Å². The minimum atomic E-state index is 0.657. The van der Waals surface area contributed by atoms with Crippen LogP contribution in [0.2, 0.25) is 0 Å². The number of likely N-dealkylation sites (tertiary alicyclic amines) is 2. The van der Waals surface area contributed by atoms with Gasteiger partial charge >= 0.3 is 0 Å². The molecule has 0 aliphatic carbocycles. The molecular formula is C18H26N6S. The molecule has 0 bridgehead atoms. The van der Waals surface area contributed by atoms with Gasteiger partial charge in [-0.2, -0.15) is 4.68 Å². The summed E-state index contributed by atoms with van der Waals surface area (Å²) in [5.41, 5.74) is 0.961. The molecule has 7 heteroatoms. The smallest absolute Gasteiger partial charge is 0.221 e. The number of rotatable bonds is 4. The highest BCUT2D eigenvalue weighted by Gasteiger charge is 2.25. The number of nitrogens with zero attached hydrogens (tertiary/aromatic N) is 6. The van der Waals surface area contributed by atoms with Crippen LogP contribution in [0.5, 0.6) is 0 Å². The Balaban J connectivity index is 1.36. The summed E-state index contributed by atoms with van der Waals surface area (Å²) in [6.07, 6.45) is 6.65. The molecule has 2 aliphatic heterocycles. The van der Waals surface area contributed by atoms with Gasteiger partial charge in [0.1, 0.15) is 0 Å². The molecule has 0 amide bonds. The zero-order chi connectivity index (χ0) is 17.1. The summed E-state index contributed by atoms with van der Waals surface area (Å²) < 4.78 is 4.23. The summed E-state index contributed by atoms with van der Waals surface area (Å²) in [6, 6.07) is 10.7. The average molecular weight is 359 g/mol. The Hall–Kier alpha value is -1.57. The minimum Gasteiger partial charge on any atom is -0.300 e. The minimum absolute atomic E-state index is 0.657. The van der Waals surface area contributed by atoms with E-state index in [1.54, 1.807) is 4.68 Å². The third-order valence-electron chi connectivity index (χ3n) is 5.44. The number of para-hydroxylation sites is 1. The van der Waals surface area contributed by atoms with Gasteiger partial charge in [0.05, 0.1) is 12.4 Å². The lowest BCUT2D eigenvalue weighted by Gasteiger charge is -2.40. The highest BCUT2D eigenvalue weighted by atomic mass is 32.1. The van der Waals surface area contributed by atoms with E-state index in [1.807, 2.05) is 35.0 Å². The fourth-order valence-corrected chi connectivity index (χ4v) is 4.23. The number of hydrogen-bond acceptors (Lipinski definition) is 5. The zero-order valence-electron chi connectivity index (χ0n) is 14.6. The van der Waals surface area contributed by atoms with E-state index in [1.165, 1.54) is 45.2 Å². The number of tetrazole rings is 1. The summed E-state index contributed by atoms with van der Waals surface area (Å²) in [5.74, 6) is 0. The van der Waals surface area contributed by atoms with Gasteiger partial charge in [0.15, 0.2) is 0 Å². The topological polar surface area (TPSA) is 42.1 Å². The van der Waals surface area contributed by atoms with Gasteiger partial charge in [-0.05, 0) is 73.6 Å². The van der Waals surface area contributed by atoms with Crippen molar-refractivity contribution in [2.24, 2.45) is 0 Å². The monoisotopic (exact) mass is 358 g/mol. The molecule has 2 fully saturated rings. The zero-order valence-corrected chi connectivity index (χ0v) is 15.4. The molecule has 0 spiro atoms. The molecule has 0 atom stereocenters. The fraction of sp³-hybridized carbons (Fsp3) is 0.611. The molecule has 1 aromatic carbocycles. The van der Waals surface area contributed by atoms with E-state index < -0.39 is 0 Å². The second-order valence-corrected chi connectivity index (χ2v) is 7.46. The molecule has 2 aromatic rings. The van der Waals surface area contributed by atoms with E-state index >= 15 is 0 Å². The van der Waals surface area contributed by atoms with Gasteiger partial charge in [0.25, 0.3) is 0 Å². The number of aromatic nitrogens is 4. The second-order valence-electron chi connectivity index (χ2n) is 7.10. The molecule has 2 saturated heterocycles. The third kappa shape index (κ3) is 3.83. The molecule has 0 N–H and O–H groups in total. The Bertz CT molecular complexity index is 726. The van der Waals surface area contributed by atoms with Crippen LogP contribution in [0.4, 0.5) is 0 Å². The molecular weight excluding hydrogens is 332 g/mol. The van der Waals surface area contributed by atoms with Gasteiger partial charge in [-0.3, -0.25) is 4.90 Å². The lowest BCUT2D eigenvalue weighted by atomic mass is 10.0. The Kier molecular flexibility index (Phi) is 5.24. The van der Waals surface area contributed by atoms with Crippen LogP contribution in [0.3, 0.4) is 0 Å². The first kappa shape index (κ1) is 16.9. The lowest BCUT2D eigenvalue weighted by molar-refractivity contribution is 0.0759. The number of hydrogen-bond donors (Lipinski definition) is 0. The van der Waals surface area contributed by atoms with E-state index in [0.717, 1.165) is 31.5 Å². The molecule has 0 unspecified atom stereocenters. The van der Waals surface area contributed by atoms with E-state index in [0.29, 0.717) is 4.77 Å². The molecule has 3 heterocycles. The van der Waals surface area contributed by atoms with Crippen molar-refractivity contribution in [1.82, 2.24) is 29.6 Å². The first-order chi connectivity index (χ1) is 12.3. The molecule has 134 valence electrons. The van der Waals surface area contributed by atoms with E-state index in [4.69, 9.17) is 12.2 Å². The van der Waals surface area contributed by atoms with Crippen molar-refractivity contribution < 1.29 is 0 Å². The predicted molar refractivity (Wildman–Crippen MR) is 100 cm³/mol. The number of piperidine rings is 2. The summed E-state index contributed by atoms with van der Waals surface area (Å²) in [5, 5.41) is 8.50. The quantitative estimate of drug-likeness (QED) is 0.786. The van der Waals surface area contributed by atoms with Crippen molar-refractivity contribution >= 4 is 12.2 Å². The Labute approximate surface area is 154 Å². The molecule has 6 nitrogen and oxygen atoms in total. The molecule has 1 aromatic heterocycles. The van der Waals surface area contributed by atoms with Crippen LogP contribution in [0, 0.1) is 4.77 Å². The van der Waals surface area contributed by atoms with Gasteiger partial charge in [0, 0.05) is 19.1 Å². The maximum atomic E-state index is 5.57. The lowest BCUT2D eigenvalue weighted by Crippen LogP contribution is -2.47. The predicted octanol–water partition coefficient (Wildman–Crippen LogP) is 2.71. The number of benzene rings is 1. The van der Waals surface area contributed by atoms with Gasteiger partial charge in [-0.25, -0.2) is 4.68 Å². The van der Waals surface area contributed by atoms with Gasteiger partial charge in [-0.1, -0.05) is 24.6 Å². The van der Waals surface area contributed by atoms with Crippen LogP contribution in [0.1, 0.15) is 32.1 Å². The van der Waals surface area contributed by atoms with Crippen LogP contribution in [0.15, 0.2) is 30.3 Å². The van der Waals surface area contributed by atoms with Crippen molar-refractivity contribution in [2.45, 2.75) is 44.8 Å². The van der Waals surface area contributed by atoms with Crippen molar-refractivity contribution in [3.63, 3.8) is 0 Å². The Morgan fingerprint density at radius 2 is 1.64 bits per heavy atom. The Morgan fingerprint density at radius 1 is 0.920 bits per heavy atom. The molecule has 2 aliphatic rings. The van der Waals surface area contributed by atoms with Crippen molar-refractivity contribution in [2.75, 3.05) is 26.2 Å². The maximum absolute atomic E-state index is 5.57. The van der Waals surface area contributed by atoms with Crippen molar-refractivity contribution in [3.05, 3.63) is 35.1 Å². The van der Waals surface area contributed by atoms with Gasteiger partial charge < -0.3 is 4.90 Å². The maximum Gasteiger partial charge on any atom is 0.221 e. The van der Waals surface area contributed by atoms with Gasteiger partial charge in [0.2, 0.25) is 4.77 Å². The second kappa shape index (κ2) is 7.76. The Morgan fingerprint density at radius 3 is 2.36 bits per heavy atom. The molecule has 25 heavy (non-hydrogen) atoms. The highest BCUT2D eigenvalue weighted by Crippen LogP contribution is 2.21. The van der Waals surface area contributed by atoms with E-state index in [-0.39, 0.29) is 0 Å². The molecule has 0 radical (unpaired) electrons. The SMILES string of the molecule is S=c1n(CN2CCC(N3CCCCC3)CC2)nnn1-c1ccccc1. The third-order valence-corrected chi connectivity index (χ3v) is 5.82. The summed E-state index contributed by atoms with van der Waals surface area (Å²) in [6.45, 7) is 5.54. The van der Waals surface area contributed by atoms with Crippen LogP contribution >= 0.6 is 12.2 Å². The first-order valence-electron chi connectivity index (χ1n) is 9.36. The standard InChI is InChI=1S/C18H26N6S/c25-18-23(19-20-24(18)17-7-3-1-4-8-17)15-21-13-9-16(10-14-21)22-11-5-2-6-12-22/h1,3-4,7-8,16H,2,5-6,9-15H2. The van der Waals surface area contributed by atoms with Crippen LogP contribution in [-0.2, 0) is 6.67 Å². The first-order valence-corrected chi connectivity index (χ1v) is 9.77. The largest absolute Gasteiger partial charge is 0.300 e. The van der Waals surface area contributed by atoms with E-state index in [2.05, 4.69) is 20.2 Å².